The molecule has 0 saturated carbocycles. The maximum absolute atomic E-state index is 11.8. The Labute approximate surface area is 143 Å². The number of alkyl carbamates (subject to hydrolysis) is 1. The van der Waals surface area contributed by atoms with Gasteiger partial charge in [0.15, 0.2) is 0 Å². The normalized spacial score (nSPS) is 9.87. The molecule has 0 aliphatic carbocycles. The van der Waals surface area contributed by atoms with Gasteiger partial charge in [0.2, 0.25) is 11.8 Å². The summed E-state index contributed by atoms with van der Waals surface area (Å²) < 4.78 is 5.58. The van der Waals surface area contributed by atoms with Crippen LogP contribution in [0.15, 0.2) is 22.7 Å². The van der Waals surface area contributed by atoms with Crippen LogP contribution in [0, 0.1) is 6.92 Å². The zero-order valence-electron chi connectivity index (χ0n) is 13.1. The van der Waals surface area contributed by atoms with Crippen LogP contribution in [0.4, 0.5) is 10.5 Å². The number of hydrogen-bond donors (Lipinski definition) is 3. The molecule has 0 spiro atoms. The lowest BCUT2D eigenvalue weighted by atomic mass is 10.2. The zero-order valence-corrected chi connectivity index (χ0v) is 14.7. The van der Waals surface area contributed by atoms with Gasteiger partial charge in [-0.3, -0.25) is 9.59 Å². The molecule has 0 aliphatic heterocycles. The molecule has 0 saturated heterocycles. The van der Waals surface area contributed by atoms with Crippen molar-refractivity contribution in [2.45, 2.75) is 20.3 Å². The molecule has 0 fully saturated rings. The molecule has 23 heavy (non-hydrogen) atoms. The predicted octanol–water partition coefficient (Wildman–Crippen LogP) is 1.95. The Bertz CT molecular complexity index is 578. The Balaban J connectivity index is 2.27. The number of amides is 3. The summed E-state index contributed by atoms with van der Waals surface area (Å²) in [6.45, 7) is 3.86. The lowest BCUT2D eigenvalue weighted by molar-refractivity contribution is -0.124. The zero-order chi connectivity index (χ0) is 17.2. The van der Waals surface area contributed by atoms with Gasteiger partial charge in [0.05, 0.1) is 13.2 Å². The van der Waals surface area contributed by atoms with Crippen LogP contribution < -0.4 is 16.0 Å². The van der Waals surface area contributed by atoms with E-state index in [9.17, 15) is 14.4 Å². The van der Waals surface area contributed by atoms with Crippen LogP contribution in [0.2, 0.25) is 0 Å². The van der Waals surface area contributed by atoms with Gasteiger partial charge in [-0.25, -0.2) is 4.79 Å². The van der Waals surface area contributed by atoms with Crippen molar-refractivity contribution < 1.29 is 19.1 Å². The first kappa shape index (κ1) is 19.0. The fourth-order valence-corrected chi connectivity index (χ4v) is 2.16. The van der Waals surface area contributed by atoms with Gasteiger partial charge in [-0.15, -0.1) is 0 Å². The van der Waals surface area contributed by atoms with Crippen LogP contribution in [0.1, 0.15) is 18.9 Å². The fourth-order valence-electron chi connectivity index (χ4n) is 1.69. The van der Waals surface area contributed by atoms with Gasteiger partial charge in [-0.1, -0.05) is 15.9 Å². The highest BCUT2D eigenvalue weighted by molar-refractivity contribution is 9.10. The minimum absolute atomic E-state index is 0.0728. The molecule has 0 aliphatic rings. The van der Waals surface area contributed by atoms with E-state index in [4.69, 9.17) is 0 Å². The monoisotopic (exact) mass is 385 g/mol. The Morgan fingerprint density at radius 1 is 1.17 bits per heavy atom. The molecule has 1 rings (SSSR count). The lowest BCUT2D eigenvalue weighted by Crippen LogP contribution is -2.35. The van der Waals surface area contributed by atoms with E-state index in [1.54, 1.807) is 13.0 Å². The van der Waals surface area contributed by atoms with Crippen LogP contribution in [0.5, 0.6) is 0 Å². The summed E-state index contributed by atoms with van der Waals surface area (Å²) in [5, 5.41) is 7.63. The lowest BCUT2D eigenvalue weighted by Gasteiger charge is -2.10. The largest absolute Gasteiger partial charge is 0.450 e. The van der Waals surface area contributed by atoms with E-state index in [1.165, 1.54) is 0 Å². The predicted molar refractivity (Wildman–Crippen MR) is 90.2 cm³/mol. The molecule has 0 radical (unpaired) electrons. The van der Waals surface area contributed by atoms with Crippen LogP contribution in [0.25, 0.3) is 0 Å². The van der Waals surface area contributed by atoms with E-state index in [0.29, 0.717) is 5.69 Å². The molecule has 126 valence electrons. The number of nitrogens with one attached hydrogen (secondary N) is 3. The molecule has 0 heterocycles. The molecule has 0 aromatic heterocycles. The molecule has 8 heteroatoms. The van der Waals surface area contributed by atoms with Crippen molar-refractivity contribution in [3.8, 4) is 0 Å². The summed E-state index contributed by atoms with van der Waals surface area (Å²) in [6, 6.07) is 5.49. The van der Waals surface area contributed by atoms with E-state index in [1.807, 2.05) is 19.1 Å². The van der Waals surface area contributed by atoms with Gasteiger partial charge in [-0.05, 0) is 37.6 Å². The molecule has 1 aromatic carbocycles. The molecule has 1 aromatic rings. The Morgan fingerprint density at radius 2 is 1.91 bits per heavy atom. The second-order valence-corrected chi connectivity index (χ2v) is 5.60. The first-order valence-electron chi connectivity index (χ1n) is 7.15. The van der Waals surface area contributed by atoms with Crippen molar-refractivity contribution in [2.75, 3.05) is 25.0 Å². The summed E-state index contributed by atoms with van der Waals surface area (Å²) >= 11 is 3.35. The number of aryl methyl sites for hydroxylation is 1. The number of rotatable bonds is 7. The van der Waals surface area contributed by atoms with Crippen molar-refractivity contribution in [1.82, 2.24) is 10.6 Å². The van der Waals surface area contributed by atoms with E-state index >= 15 is 0 Å². The number of benzene rings is 1. The van der Waals surface area contributed by atoms with Gasteiger partial charge >= 0.3 is 6.09 Å². The third-order valence-corrected chi connectivity index (χ3v) is 3.30. The topological polar surface area (TPSA) is 96.5 Å². The highest BCUT2D eigenvalue weighted by atomic mass is 79.9. The summed E-state index contributed by atoms with van der Waals surface area (Å²) in [5.41, 5.74) is 1.61. The van der Waals surface area contributed by atoms with E-state index in [-0.39, 0.29) is 37.9 Å². The number of ether oxygens (including phenoxy) is 1. The van der Waals surface area contributed by atoms with Crippen molar-refractivity contribution in [3.05, 3.63) is 28.2 Å². The van der Waals surface area contributed by atoms with E-state index < -0.39 is 6.09 Å². The standard InChI is InChI=1S/C15H20BrN3O4/c1-3-23-15(22)17-7-6-13(20)18-9-14(21)19-12-5-4-11(16)8-10(12)2/h4-5,8H,3,6-7,9H2,1-2H3,(H,17,22)(H,18,20)(H,19,21). The van der Waals surface area contributed by atoms with Gasteiger partial charge in [-0.2, -0.15) is 0 Å². The third kappa shape index (κ3) is 7.64. The number of carbonyl (C=O) groups is 3. The molecule has 0 bridgehead atoms. The molecule has 0 atom stereocenters. The van der Waals surface area contributed by atoms with Crippen molar-refractivity contribution in [3.63, 3.8) is 0 Å². The smallest absolute Gasteiger partial charge is 0.407 e. The SMILES string of the molecule is CCOC(=O)NCCC(=O)NCC(=O)Nc1ccc(Br)cc1C. The summed E-state index contributed by atoms with van der Waals surface area (Å²) in [4.78, 5) is 34.4. The van der Waals surface area contributed by atoms with E-state index in [0.717, 1.165) is 10.0 Å². The van der Waals surface area contributed by atoms with Gasteiger partial charge in [0.1, 0.15) is 0 Å². The molecule has 7 nitrogen and oxygen atoms in total. The van der Waals surface area contributed by atoms with Crippen molar-refractivity contribution in [1.29, 1.82) is 0 Å². The Hall–Kier alpha value is -2.09. The molecule has 3 amide bonds. The molecular weight excluding hydrogens is 366 g/mol. The number of anilines is 1. The number of halogens is 1. The van der Waals surface area contributed by atoms with Crippen LogP contribution in [0.3, 0.4) is 0 Å². The minimum atomic E-state index is -0.566. The highest BCUT2D eigenvalue weighted by Crippen LogP contribution is 2.19. The summed E-state index contributed by atoms with van der Waals surface area (Å²) in [7, 11) is 0. The number of hydrogen-bond acceptors (Lipinski definition) is 4. The average Bonchev–Trinajstić information content (AvgIpc) is 2.48. The molecule has 0 unspecified atom stereocenters. The summed E-state index contributed by atoms with van der Waals surface area (Å²) in [6.07, 6.45) is -0.493. The molecule has 3 N–H and O–H groups in total. The quantitative estimate of drug-likeness (QED) is 0.668. The van der Waals surface area contributed by atoms with Gasteiger partial charge < -0.3 is 20.7 Å². The second kappa shape index (κ2) is 9.83. The average molecular weight is 386 g/mol. The Morgan fingerprint density at radius 3 is 2.57 bits per heavy atom. The first-order chi connectivity index (χ1) is 10.9. The van der Waals surface area contributed by atoms with Crippen LogP contribution in [-0.2, 0) is 14.3 Å². The maximum Gasteiger partial charge on any atom is 0.407 e. The fraction of sp³-hybridized carbons (Fsp3) is 0.400. The van der Waals surface area contributed by atoms with E-state index in [2.05, 4.69) is 36.6 Å². The summed E-state index contributed by atoms with van der Waals surface area (Å²) in [5.74, 6) is -0.647. The highest BCUT2D eigenvalue weighted by Gasteiger charge is 2.08. The van der Waals surface area contributed by atoms with Gasteiger partial charge in [0, 0.05) is 23.1 Å². The number of carbonyl (C=O) groups excluding carboxylic acids is 3. The van der Waals surface area contributed by atoms with Gasteiger partial charge in [0.25, 0.3) is 0 Å². The Kier molecular flexibility index (Phi) is 8.10. The third-order valence-electron chi connectivity index (χ3n) is 2.81. The van der Waals surface area contributed by atoms with Crippen molar-refractivity contribution >= 4 is 39.5 Å². The minimum Gasteiger partial charge on any atom is -0.450 e. The maximum atomic E-state index is 11.8. The second-order valence-electron chi connectivity index (χ2n) is 4.68. The van der Waals surface area contributed by atoms with Crippen LogP contribution >= 0.6 is 15.9 Å². The van der Waals surface area contributed by atoms with Crippen LogP contribution in [-0.4, -0.2) is 37.6 Å². The molecular formula is C15H20BrN3O4. The van der Waals surface area contributed by atoms with Crippen molar-refractivity contribution in [2.24, 2.45) is 0 Å². The first-order valence-corrected chi connectivity index (χ1v) is 7.95.